The van der Waals surface area contributed by atoms with Crippen molar-refractivity contribution in [2.24, 2.45) is 0 Å². The SMILES string of the molecule is CCCCCCCCC=CCCCCCCCC(=O)N[C@@H](CO[C@@H]1O[C@H](CO)[C@@H](O[C@@H]2O[C@H](CO)[C@H](O[C@@H]3O[C@H](CO)[C@H](O)[C@H](O)[C@H]3NC(C)=O)[C@H](O[C@]3(C(=O)O)C[C@H](O)[C@@H](NC(C)=O)C([C@H](O)[C@@H](CO)O[C@]4(C(=O)O)C[C@H](O)[C@@H](NC(C)=O)C([C@H](O)[C@H](O)CO)O4)O3)[C@H]2O)[C@H](O)[C@H]1O)[C@H](O)C=CCCCCCCCCCCCCC. The van der Waals surface area contributed by atoms with Crippen molar-refractivity contribution in [3.8, 4) is 0 Å². The highest BCUT2D eigenvalue weighted by Gasteiger charge is 2.64. The van der Waals surface area contributed by atoms with Gasteiger partial charge in [0.25, 0.3) is 11.6 Å². The molecular weight excluding hydrogens is 1540 g/mol. The standard InChI is InChI=1S/C78H136N4O34/c1-6-8-10-12-14-16-18-20-21-23-25-27-29-31-33-35-56(95)82-47(48(91)34-32-30-28-26-24-22-19-17-15-13-11-9-7-2)43-107-73-65(101)64(100)67(54(41-86)109-73)111-74-66(102)71(68(55(42-87)110-74)112-72-59(81-46(5)90)63(99)61(97)52(39-84)108-72)116-78(76(105)106)37-50(93)58(80-45(4)89)70(115-78)62(98)53(40-85)113-77(75(103)104)36-49(92)57(79-44(3)88)69(114-77)60(96)51(94)38-83/h20-21,32,34,47-55,57-74,83-87,91-94,96-102H,6-19,22-31,33,35-43H2,1-5H3,(H,79,88)(H,80,89)(H,81,90)(H,82,95)(H,103,104)(H,105,106)/t47-,48+,49-,50-,51+,52+,53+,54+,55+,57+,58+,59+,60+,61-,62+,63+,64+,65+,66+,67+,68-,69?,70?,71+,72-,73+,74-,77+,78-/m0/s1. The van der Waals surface area contributed by atoms with Crippen LogP contribution in [-0.4, -0.2) is 344 Å². The van der Waals surface area contributed by atoms with Gasteiger partial charge in [-0.15, -0.1) is 0 Å². The number of carbonyl (C=O) groups excluding carboxylic acids is 4. The van der Waals surface area contributed by atoms with Gasteiger partial charge in [-0.05, 0) is 44.9 Å². The van der Waals surface area contributed by atoms with E-state index < -0.39 is 265 Å². The summed E-state index contributed by atoms with van der Waals surface area (Å²) in [6.45, 7) is 0.487. The summed E-state index contributed by atoms with van der Waals surface area (Å²) in [5.74, 6) is -14.6. The Kier molecular flexibility index (Phi) is 46.1. The van der Waals surface area contributed by atoms with Gasteiger partial charge in [-0.3, -0.25) is 19.2 Å². The number of aliphatic carboxylic acids is 2. The van der Waals surface area contributed by atoms with Gasteiger partial charge in [0.2, 0.25) is 23.6 Å². The Morgan fingerprint density at radius 2 is 0.905 bits per heavy atom. The van der Waals surface area contributed by atoms with Gasteiger partial charge in [-0.2, -0.15) is 0 Å². The van der Waals surface area contributed by atoms with Crippen LogP contribution < -0.4 is 21.3 Å². The number of ether oxygens (including phenoxy) is 10. The summed E-state index contributed by atoms with van der Waals surface area (Å²) in [4.78, 5) is 79.0. The van der Waals surface area contributed by atoms with E-state index in [1.54, 1.807) is 6.08 Å². The third kappa shape index (κ3) is 30.7. The number of carboxylic acids is 2. The molecule has 0 saturated carbocycles. The molecule has 0 aliphatic carbocycles. The Hall–Kier alpha value is -4.74. The lowest BCUT2D eigenvalue weighted by molar-refractivity contribution is -0.402. The Morgan fingerprint density at radius 1 is 0.466 bits per heavy atom. The monoisotopic (exact) mass is 1670 g/mol. The zero-order valence-electron chi connectivity index (χ0n) is 67.5. The van der Waals surface area contributed by atoms with Crippen LogP contribution in [0.1, 0.15) is 214 Å². The molecule has 22 N–H and O–H groups in total. The summed E-state index contributed by atoms with van der Waals surface area (Å²) >= 11 is 0. The molecule has 0 aromatic heterocycles. The van der Waals surface area contributed by atoms with Gasteiger partial charge in [0.15, 0.2) is 18.9 Å². The molecule has 0 bridgehead atoms. The number of aliphatic hydroxyl groups excluding tert-OH is 16. The number of hydrogen-bond acceptors (Lipinski definition) is 32. The highest BCUT2D eigenvalue weighted by Crippen LogP contribution is 2.42. The second-order valence-corrected chi connectivity index (χ2v) is 31.1. The maximum absolute atomic E-state index is 14.2. The van der Waals surface area contributed by atoms with Crippen LogP contribution in [0.15, 0.2) is 24.3 Å². The minimum absolute atomic E-state index is 0.0986. The zero-order valence-corrected chi connectivity index (χ0v) is 67.5. The number of amides is 4. The molecule has 38 heteroatoms. The van der Waals surface area contributed by atoms with Crippen LogP contribution in [0.4, 0.5) is 0 Å². The molecule has 38 nitrogen and oxygen atoms in total. The fourth-order valence-corrected chi connectivity index (χ4v) is 15.1. The van der Waals surface area contributed by atoms with Gasteiger partial charge in [0.1, 0.15) is 110 Å². The summed E-state index contributed by atoms with van der Waals surface area (Å²) in [6.07, 6.45) is -18.3. The molecule has 116 heavy (non-hydrogen) atoms. The number of carbonyl (C=O) groups is 6. The summed E-state index contributed by atoms with van der Waals surface area (Å²) in [6, 6.07) is -6.83. The molecule has 29 atom stereocenters. The van der Waals surface area contributed by atoms with E-state index in [2.05, 4.69) is 47.3 Å². The number of nitrogens with one attached hydrogen (secondary N) is 4. The third-order valence-electron chi connectivity index (χ3n) is 21.6. The normalized spacial score (nSPS) is 33.4. The Labute approximate surface area is 677 Å². The van der Waals surface area contributed by atoms with Gasteiger partial charge in [0.05, 0.1) is 76.1 Å². The highest BCUT2D eigenvalue weighted by molar-refractivity contribution is 5.78. The van der Waals surface area contributed by atoms with E-state index in [0.29, 0.717) is 12.8 Å². The first-order chi connectivity index (χ1) is 55.3. The largest absolute Gasteiger partial charge is 0.477 e. The number of carboxylic acid groups (broad SMARTS) is 2. The fourth-order valence-electron chi connectivity index (χ4n) is 15.1. The molecular formula is C78H136N4O34. The Bertz CT molecular complexity index is 2910. The number of rotatable bonds is 55. The van der Waals surface area contributed by atoms with E-state index in [-0.39, 0.29) is 6.42 Å². The van der Waals surface area contributed by atoms with Crippen LogP contribution >= 0.6 is 0 Å². The molecule has 0 spiro atoms. The van der Waals surface area contributed by atoms with Crippen molar-refractivity contribution < 1.29 is 168 Å². The molecule has 5 heterocycles. The van der Waals surface area contributed by atoms with Crippen molar-refractivity contribution in [2.75, 3.05) is 39.6 Å². The van der Waals surface area contributed by atoms with Crippen molar-refractivity contribution in [2.45, 2.75) is 391 Å². The molecule has 5 fully saturated rings. The number of allylic oxidation sites excluding steroid dienone is 3. The molecule has 5 aliphatic heterocycles. The molecule has 2 unspecified atom stereocenters. The van der Waals surface area contributed by atoms with E-state index in [1.165, 1.54) is 83.1 Å². The lowest BCUT2D eigenvalue weighted by atomic mass is 9.87. The van der Waals surface area contributed by atoms with Crippen molar-refractivity contribution in [1.82, 2.24) is 21.3 Å². The van der Waals surface area contributed by atoms with Gasteiger partial charge < -0.3 is 161 Å². The van der Waals surface area contributed by atoms with Gasteiger partial charge in [-0.1, -0.05) is 154 Å². The fraction of sp³-hybridized carbons (Fsp3) is 0.872. The number of aliphatic hydroxyl groups is 16. The lowest BCUT2D eigenvalue weighted by Crippen LogP contribution is -2.72. The van der Waals surface area contributed by atoms with Crippen LogP contribution in [0.3, 0.4) is 0 Å². The molecule has 5 saturated heterocycles. The maximum atomic E-state index is 14.2. The smallest absolute Gasteiger partial charge is 0.364 e. The molecule has 5 aliphatic rings. The zero-order chi connectivity index (χ0) is 85.8. The first-order valence-corrected chi connectivity index (χ1v) is 41.4. The van der Waals surface area contributed by atoms with Gasteiger partial charge >= 0.3 is 11.9 Å². The second-order valence-electron chi connectivity index (χ2n) is 31.1. The average molecular weight is 1670 g/mol. The third-order valence-corrected chi connectivity index (χ3v) is 21.6. The van der Waals surface area contributed by atoms with Gasteiger partial charge in [0, 0.05) is 40.0 Å². The molecule has 5 rings (SSSR count). The second kappa shape index (κ2) is 52.6. The first-order valence-electron chi connectivity index (χ1n) is 41.4. The van der Waals surface area contributed by atoms with E-state index in [0.717, 1.165) is 91.4 Å². The van der Waals surface area contributed by atoms with E-state index in [4.69, 9.17) is 47.4 Å². The first kappa shape index (κ1) is 102. The average Bonchev–Trinajstić information content (AvgIpc) is 0.751. The molecule has 0 aromatic carbocycles. The summed E-state index contributed by atoms with van der Waals surface area (Å²) in [5.41, 5.74) is 0. The van der Waals surface area contributed by atoms with Crippen molar-refractivity contribution in [3.63, 3.8) is 0 Å². The molecule has 0 radical (unpaired) electrons. The quantitative estimate of drug-likeness (QED) is 0.0233. The molecule has 672 valence electrons. The van der Waals surface area contributed by atoms with Crippen LogP contribution in [0.5, 0.6) is 0 Å². The van der Waals surface area contributed by atoms with E-state index in [1.807, 2.05) is 0 Å². The van der Waals surface area contributed by atoms with Crippen molar-refractivity contribution in [1.29, 1.82) is 0 Å². The van der Waals surface area contributed by atoms with Gasteiger partial charge in [-0.25, -0.2) is 9.59 Å². The van der Waals surface area contributed by atoms with Crippen molar-refractivity contribution >= 4 is 35.6 Å². The summed E-state index contributed by atoms with van der Waals surface area (Å²) < 4.78 is 59.9. The number of unbranched alkanes of at least 4 members (excludes halogenated alkanes) is 22. The van der Waals surface area contributed by atoms with Crippen LogP contribution in [0, 0.1) is 0 Å². The molecule has 0 aromatic rings. The minimum Gasteiger partial charge on any atom is -0.477 e. The summed E-state index contributed by atoms with van der Waals surface area (Å²) in [5, 5.41) is 213. The van der Waals surface area contributed by atoms with Crippen molar-refractivity contribution in [3.05, 3.63) is 24.3 Å². The Balaban J connectivity index is 1.45. The number of hydrogen-bond donors (Lipinski definition) is 22. The highest BCUT2D eigenvalue weighted by atomic mass is 16.8. The van der Waals surface area contributed by atoms with E-state index >= 15 is 0 Å². The Morgan fingerprint density at radius 3 is 1.40 bits per heavy atom. The predicted octanol–water partition coefficient (Wildman–Crippen LogP) is -1.92. The van der Waals surface area contributed by atoms with Crippen LogP contribution in [0.2, 0.25) is 0 Å². The maximum Gasteiger partial charge on any atom is 0.364 e. The minimum atomic E-state index is -3.59. The molecule has 4 amide bonds. The van der Waals surface area contributed by atoms with Crippen LogP contribution in [-0.2, 0) is 76.1 Å². The lowest BCUT2D eigenvalue weighted by Gasteiger charge is -2.52. The van der Waals surface area contributed by atoms with Crippen LogP contribution in [0.25, 0.3) is 0 Å². The topological polar surface area (TPSA) is 607 Å². The summed E-state index contributed by atoms with van der Waals surface area (Å²) in [7, 11) is 0. The predicted molar refractivity (Wildman–Crippen MR) is 407 cm³/mol. The van der Waals surface area contributed by atoms with E-state index in [9.17, 15) is 121 Å².